The van der Waals surface area contributed by atoms with E-state index in [0.29, 0.717) is 32.2 Å². The molecule has 0 aromatic heterocycles. The van der Waals surface area contributed by atoms with Gasteiger partial charge in [-0.05, 0) is 55.8 Å². The normalized spacial score (nSPS) is 19.6. The molecule has 0 unspecified atom stereocenters. The maximum absolute atomic E-state index is 14.2. The number of primary amides is 1. The van der Waals surface area contributed by atoms with Crippen LogP contribution in [-0.4, -0.2) is 154 Å². The maximum atomic E-state index is 14.2. The molecule has 0 aromatic carbocycles. The van der Waals surface area contributed by atoms with Crippen LogP contribution in [-0.2, 0) is 47.9 Å². The lowest BCUT2D eigenvalue weighted by Crippen LogP contribution is -2.61. The Morgan fingerprint density at radius 2 is 1.21 bits per heavy atom. The minimum absolute atomic E-state index is 0.0799. The van der Waals surface area contributed by atoms with E-state index in [1.165, 1.54) is 9.80 Å². The highest BCUT2D eigenvalue weighted by Gasteiger charge is 2.42. The number of aliphatic hydroxyl groups excluding tert-OH is 1. The number of nitrogens with one attached hydrogen (secondary N) is 6. The van der Waals surface area contributed by atoms with Gasteiger partial charge in [-0.2, -0.15) is 0 Å². The van der Waals surface area contributed by atoms with E-state index in [-0.39, 0.29) is 31.2 Å². The van der Waals surface area contributed by atoms with E-state index in [0.717, 1.165) is 0 Å². The summed E-state index contributed by atoms with van der Waals surface area (Å²) in [5, 5.41) is 34.4. The van der Waals surface area contributed by atoms with Crippen molar-refractivity contribution in [2.24, 2.45) is 35.1 Å². The van der Waals surface area contributed by atoms with Gasteiger partial charge in [-0.1, -0.05) is 61.8 Å². The fourth-order valence-corrected chi connectivity index (χ4v) is 7.34. The van der Waals surface area contributed by atoms with E-state index in [1.807, 2.05) is 0 Å². The predicted molar refractivity (Wildman–Crippen MR) is 227 cm³/mol. The van der Waals surface area contributed by atoms with Crippen molar-refractivity contribution in [1.82, 2.24) is 41.7 Å². The molecular formula is C41H70N10O12. The third kappa shape index (κ3) is 15.7. The first-order valence-electron chi connectivity index (χ1n) is 21.7. The van der Waals surface area contributed by atoms with Crippen LogP contribution in [0.25, 0.3) is 0 Å². The topological polar surface area (TPSA) is 342 Å². The zero-order valence-electron chi connectivity index (χ0n) is 37.7. The molecule has 0 aliphatic carbocycles. The van der Waals surface area contributed by atoms with Crippen LogP contribution in [0.3, 0.4) is 0 Å². The number of likely N-dealkylation sites (tertiary alicyclic amines) is 2. The molecule has 0 spiro atoms. The lowest BCUT2D eigenvalue weighted by Gasteiger charge is -2.33. The minimum Gasteiger partial charge on any atom is -0.480 e. The molecule has 356 valence electrons. The van der Waals surface area contributed by atoms with Gasteiger partial charge in [0, 0.05) is 13.1 Å². The Hall–Kier alpha value is -5.38. The highest BCUT2D eigenvalue weighted by atomic mass is 16.4. The molecule has 2 saturated heterocycles. The first-order valence-corrected chi connectivity index (χ1v) is 21.7. The predicted octanol–water partition coefficient (Wildman–Crippen LogP) is -2.81. The average Bonchev–Trinajstić information content (AvgIpc) is 3.92. The number of carboxylic acids is 1. The first kappa shape index (κ1) is 53.8. The molecule has 2 fully saturated rings. The van der Waals surface area contributed by atoms with Crippen molar-refractivity contribution in [3.63, 3.8) is 0 Å². The number of carbonyl (C=O) groups excluding carboxylic acids is 9. The van der Waals surface area contributed by atoms with Gasteiger partial charge in [0.05, 0.1) is 25.6 Å². The Labute approximate surface area is 368 Å². The molecular weight excluding hydrogens is 825 g/mol. The van der Waals surface area contributed by atoms with Crippen LogP contribution < -0.4 is 43.4 Å². The first-order chi connectivity index (χ1) is 29.4. The van der Waals surface area contributed by atoms with Gasteiger partial charge < -0.3 is 63.4 Å². The van der Waals surface area contributed by atoms with Crippen molar-refractivity contribution < 1.29 is 58.2 Å². The summed E-state index contributed by atoms with van der Waals surface area (Å²) >= 11 is 0. The van der Waals surface area contributed by atoms with E-state index >= 15 is 0 Å². The number of nitrogens with zero attached hydrogens (tertiary/aromatic N) is 2. The highest BCUT2D eigenvalue weighted by Crippen LogP contribution is 2.23. The molecule has 9 atom stereocenters. The van der Waals surface area contributed by atoms with Crippen LogP contribution in [0.15, 0.2) is 0 Å². The van der Waals surface area contributed by atoms with E-state index in [1.54, 1.807) is 55.4 Å². The molecule has 2 aliphatic rings. The summed E-state index contributed by atoms with van der Waals surface area (Å²) in [5.41, 5.74) is 11.4. The lowest BCUT2D eigenvalue weighted by atomic mass is 9.95. The fourth-order valence-electron chi connectivity index (χ4n) is 7.34. The molecule has 2 aliphatic heterocycles. The Bertz CT molecular complexity index is 1680. The number of aliphatic hydroxyl groups is 1. The quantitative estimate of drug-likeness (QED) is 0.0469. The van der Waals surface area contributed by atoms with Gasteiger partial charge in [0.25, 0.3) is 0 Å². The van der Waals surface area contributed by atoms with E-state index in [9.17, 15) is 58.2 Å². The summed E-state index contributed by atoms with van der Waals surface area (Å²) in [5.74, 6) is -9.35. The van der Waals surface area contributed by atoms with Gasteiger partial charge in [0.15, 0.2) is 0 Å². The number of rotatable bonds is 24. The summed E-state index contributed by atoms with van der Waals surface area (Å²) in [7, 11) is 0. The highest BCUT2D eigenvalue weighted by molar-refractivity contribution is 5.98. The van der Waals surface area contributed by atoms with Crippen LogP contribution in [0.2, 0.25) is 0 Å². The Morgan fingerprint density at radius 3 is 1.67 bits per heavy atom. The summed E-state index contributed by atoms with van der Waals surface area (Å²) in [4.78, 5) is 133. The molecule has 0 aromatic rings. The van der Waals surface area contributed by atoms with Gasteiger partial charge in [0.1, 0.15) is 42.3 Å². The van der Waals surface area contributed by atoms with E-state index in [4.69, 9.17) is 11.5 Å². The van der Waals surface area contributed by atoms with Crippen LogP contribution in [0.1, 0.15) is 100 Å². The van der Waals surface area contributed by atoms with Crippen molar-refractivity contribution in [3.8, 4) is 0 Å². The largest absolute Gasteiger partial charge is 0.480 e. The smallest absolute Gasteiger partial charge is 0.326 e. The molecule has 9 amide bonds. The monoisotopic (exact) mass is 895 g/mol. The van der Waals surface area contributed by atoms with Gasteiger partial charge in [-0.3, -0.25) is 43.2 Å². The Morgan fingerprint density at radius 1 is 0.667 bits per heavy atom. The minimum atomic E-state index is -1.53. The van der Waals surface area contributed by atoms with E-state index < -0.39 is 139 Å². The van der Waals surface area contributed by atoms with Crippen LogP contribution >= 0.6 is 0 Å². The van der Waals surface area contributed by atoms with Crippen molar-refractivity contribution in [3.05, 3.63) is 0 Å². The summed E-state index contributed by atoms with van der Waals surface area (Å²) < 4.78 is 0. The molecule has 12 N–H and O–H groups in total. The molecule has 2 heterocycles. The number of carboxylic acid groups (broad SMARTS) is 1. The van der Waals surface area contributed by atoms with Crippen LogP contribution in [0, 0.1) is 23.7 Å². The molecule has 0 saturated carbocycles. The van der Waals surface area contributed by atoms with Gasteiger partial charge >= 0.3 is 5.97 Å². The summed E-state index contributed by atoms with van der Waals surface area (Å²) in [6.07, 6.45) is 1.29. The second-order valence-electron chi connectivity index (χ2n) is 17.5. The molecule has 63 heavy (non-hydrogen) atoms. The van der Waals surface area contributed by atoms with Crippen molar-refractivity contribution >= 4 is 59.1 Å². The molecule has 22 nitrogen and oxygen atoms in total. The third-order valence-corrected chi connectivity index (χ3v) is 11.3. The number of amides is 9. The second-order valence-corrected chi connectivity index (χ2v) is 17.5. The van der Waals surface area contributed by atoms with Crippen molar-refractivity contribution in [2.75, 3.05) is 26.2 Å². The summed E-state index contributed by atoms with van der Waals surface area (Å²) in [6, 6.07) is -9.51. The van der Waals surface area contributed by atoms with Crippen molar-refractivity contribution in [2.45, 2.75) is 149 Å². The zero-order chi connectivity index (χ0) is 47.9. The second kappa shape index (κ2) is 25.1. The molecule has 22 heteroatoms. The van der Waals surface area contributed by atoms with Gasteiger partial charge in [-0.15, -0.1) is 0 Å². The lowest BCUT2D eigenvalue weighted by molar-refractivity contribution is -0.144. The van der Waals surface area contributed by atoms with Gasteiger partial charge in [0.2, 0.25) is 53.2 Å². The number of carbonyl (C=O) groups is 10. The summed E-state index contributed by atoms with van der Waals surface area (Å²) in [6.45, 7) is 12.8. The van der Waals surface area contributed by atoms with Crippen LogP contribution in [0.5, 0.6) is 0 Å². The molecule has 0 bridgehead atoms. The fraction of sp³-hybridized carbons (Fsp3) is 0.756. The average molecular weight is 895 g/mol. The molecule has 2 rings (SSSR count). The van der Waals surface area contributed by atoms with E-state index in [2.05, 4.69) is 31.9 Å². The molecule has 0 radical (unpaired) electrons. The maximum Gasteiger partial charge on any atom is 0.326 e. The Kier molecular flexibility index (Phi) is 21.4. The SMILES string of the molecule is CC[C@H](C)[C@H](NC(=O)[C@@H](NC(=O)CNC(=O)[C@H](CO)NC(=O)[C@@H]1CCCN1C(=O)[C@@H](N)C(C)C)C(C)C)C(=O)N1CCC[C@H]1C(=O)N[C@@H](CC(N)=O)C(=O)N[C@@H](CC(C)C)C(=O)O. The van der Waals surface area contributed by atoms with Crippen LogP contribution in [0.4, 0.5) is 0 Å². The third-order valence-electron chi connectivity index (χ3n) is 11.3. The number of hydrogen-bond donors (Lipinski definition) is 10. The number of nitrogens with two attached hydrogens (primary N) is 2. The number of hydrogen-bond acceptors (Lipinski definition) is 12. The number of aliphatic carboxylic acids is 1. The zero-order valence-corrected chi connectivity index (χ0v) is 37.7. The van der Waals surface area contributed by atoms with Gasteiger partial charge in [-0.25, -0.2) is 4.79 Å². The Balaban J connectivity index is 2.13. The standard InChI is InChI=1S/C41H70N10O12/c1-9-23(8)33(40(61)51-15-11-13-28(51)36(57)45-24(17-29(42)53)35(56)46-25(41(62)63)16-20(2)3)49-38(59)32(22(6)7)48-30(54)18-44-34(55)26(19-52)47-37(58)27-12-10-14-50(27)39(60)31(43)21(4)5/h20-28,31-33,52H,9-19,43H2,1-8H3,(H2,42,53)(H,44,55)(H,45,57)(H,46,56)(H,47,58)(H,48,54)(H,49,59)(H,62,63)/t23-,24-,25-,26-,27-,28-,31-,32-,33-/m0/s1. The van der Waals surface area contributed by atoms with Crippen molar-refractivity contribution in [1.29, 1.82) is 0 Å².